The summed E-state index contributed by atoms with van der Waals surface area (Å²) < 4.78 is 3.78. The Morgan fingerprint density at radius 3 is 2.69 bits per heavy atom. The molecule has 0 fully saturated rings. The summed E-state index contributed by atoms with van der Waals surface area (Å²) in [7, 11) is 1.88. The van der Waals surface area contributed by atoms with Crippen molar-refractivity contribution in [3.63, 3.8) is 0 Å². The topological polar surface area (TPSA) is 43.8 Å². The number of nitrogens with two attached hydrogens (primary N) is 1. The van der Waals surface area contributed by atoms with Gasteiger partial charge in [-0.05, 0) is 17.7 Å². The van der Waals surface area contributed by atoms with E-state index >= 15 is 0 Å². The van der Waals surface area contributed by atoms with Crippen LogP contribution < -0.4 is 5.73 Å². The Labute approximate surface area is 111 Å². The average Bonchev–Trinajstić information content (AvgIpc) is 2.64. The zero-order valence-electron chi connectivity index (χ0n) is 8.69. The summed E-state index contributed by atoms with van der Waals surface area (Å²) in [6.45, 7) is 0. The minimum absolute atomic E-state index is 0.156. The molecular weight excluding hydrogens is 334 g/mol. The highest BCUT2D eigenvalue weighted by molar-refractivity contribution is 9.11. The van der Waals surface area contributed by atoms with Gasteiger partial charge >= 0.3 is 0 Å². The van der Waals surface area contributed by atoms with E-state index in [1.165, 1.54) is 0 Å². The predicted octanol–water partition coefficient (Wildman–Crippen LogP) is 2.99. The van der Waals surface area contributed by atoms with Crippen molar-refractivity contribution in [2.24, 2.45) is 12.8 Å². The molecule has 5 heteroatoms. The van der Waals surface area contributed by atoms with Crippen molar-refractivity contribution in [3.8, 4) is 0 Å². The fraction of sp³-hybridized carbons (Fsp3) is 0.182. The van der Waals surface area contributed by atoms with Crippen LogP contribution in [-0.2, 0) is 7.05 Å². The van der Waals surface area contributed by atoms with Crippen molar-refractivity contribution in [1.29, 1.82) is 0 Å². The van der Waals surface area contributed by atoms with Gasteiger partial charge in [-0.2, -0.15) is 5.10 Å². The molecule has 1 aromatic carbocycles. The van der Waals surface area contributed by atoms with Crippen LogP contribution in [-0.4, -0.2) is 9.78 Å². The third-order valence-electron chi connectivity index (χ3n) is 2.38. The van der Waals surface area contributed by atoms with Gasteiger partial charge in [0.05, 0.1) is 12.2 Å². The van der Waals surface area contributed by atoms with E-state index in [9.17, 15) is 0 Å². The Hall–Kier alpha value is -0.650. The smallest absolute Gasteiger partial charge is 0.0594 e. The number of aromatic nitrogens is 2. The van der Waals surface area contributed by atoms with E-state index in [1.807, 2.05) is 31.4 Å². The lowest BCUT2D eigenvalue weighted by molar-refractivity contribution is 0.765. The zero-order chi connectivity index (χ0) is 11.7. The minimum atomic E-state index is -0.156. The van der Waals surface area contributed by atoms with E-state index in [4.69, 9.17) is 5.73 Å². The molecule has 0 aliphatic carbocycles. The lowest BCUT2D eigenvalue weighted by Gasteiger charge is -2.12. The quantitative estimate of drug-likeness (QED) is 0.910. The molecule has 0 saturated heterocycles. The second kappa shape index (κ2) is 4.69. The predicted molar refractivity (Wildman–Crippen MR) is 71.1 cm³/mol. The molecule has 2 rings (SSSR count). The van der Waals surface area contributed by atoms with Crippen LogP contribution in [0.3, 0.4) is 0 Å². The van der Waals surface area contributed by atoms with Crippen LogP contribution in [0.1, 0.15) is 17.2 Å². The SMILES string of the molecule is Cn1cc(C(N)c2ccc(Br)cc2Br)cn1. The molecule has 2 aromatic rings. The van der Waals surface area contributed by atoms with Crippen LogP contribution >= 0.6 is 31.9 Å². The molecule has 0 saturated carbocycles. The molecule has 1 unspecified atom stereocenters. The maximum atomic E-state index is 6.18. The molecule has 0 amide bonds. The zero-order valence-corrected chi connectivity index (χ0v) is 11.9. The molecule has 0 aliphatic heterocycles. The molecule has 84 valence electrons. The molecule has 1 aromatic heterocycles. The van der Waals surface area contributed by atoms with Crippen LogP contribution in [0.2, 0.25) is 0 Å². The van der Waals surface area contributed by atoms with Crippen molar-refractivity contribution >= 4 is 31.9 Å². The number of rotatable bonds is 2. The Balaban J connectivity index is 2.37. The molecule has 2 N–H and O–H groups in total. The maximum Gasteiger partial charge on any atom is 0.0594 e. The van der Waals surface area contributed by atoms with Crippen molar-refractivity contribution in [3.05, 3.63) is 50.7 Å². The lowest BCUT2D eigenvalue weighted by atomic mass is 10.0. The maximum absolute atomic E-state index is 6.18. The largest absolute Gasteiger partial charge is 0.320 e. The van der Waals surface area contributed by atoms with E-state index in [1.54, 1.807) is 10.9 Å². The van der Waals surface area contributed by atoms with Crippen molar-refractivity contribution < 1.29 is 0 Å². The average molecular weight is 345 g/mol. The molecule has 0 aliphatic rings. The van der Waals surface area contributed by atoms with Gasteiger partial charge in [-0.1, -0.05) is 37.9 Å². The number of hydrogen-bond donors (Lipinski definition) is 1. The highest BCUT2D eigenvalue weighted by Gasteiger charge is 2.13. The van der Waals surface area contributed by atoms with Crippen molar-refractivity contribution in [1.82, 2.24) is 9.78 Å². The molecule has 0 radical (unpaired) electrons. The summed E-state index contributed by atoms with van der Waals surface area (Å²) >= 11 is 6.93. The lowest BCUT2D eigenvalue weighted by Crippen LogP contribution is -2.11. The molecule has 16 heavy (non-hydrogen) atoms. The second-order valence-corrected chi connectivity index (χ2v) is 5.36. The monoisotopic (exact) mass is 343 g/mol. The van der Waals surface area contributed by atoms with Gasteiger partial charge in [-0.15, -0.1) is 0 Å². The highest BCUT2D eigenvalue weighted by Crippen LogP contribution is 2.29. The molecule has 0 spiro atoms. The van der Waals surface area contributed by atoms with Crippen molar-refractivity contribution in [2.45, 2.75) is 6.04 Å². The molecule has 1 atom stereocenters. The van der Waals surface area contributed by atoms with Crippen LogP contribution in [0.4, 0.5) is 0 Å². The number of benzene rings is 1. The standard InChI is InChI=1S/C11H11Br2N3/c1-16-6-7(5-15-16)11(14)9-3-2-8(12)4-10(9)13/h2-6,11H,14H2,1H3. The van der Waals surface area contributed by atoms with Crippen LogP contribution in [0.15, 0.2) is 39.5 Å². The summed E-state index contributed by atoms with van der Waals surface area (Å²) in [6.07, 6.45) is 3.72. The van der Waals surface area contributed by atoms with Crippen LogP contribution in [0.25, 0.3) is 0 Å². The van der Waals surface area contributed by atoms with Crippen LogP contribution in [0, 0.1) is 0 Å². The first kappa shape index (κ1) is 11.8. The van der Waals surface area contributed by atoms with Crippen molar-refractivity contribution in [2.75, 3.05) is 0 Å². The van der Waals surface area contributed by atoms with Gasteiger partial charge in [0.25, 0.3) is 0 Å². The van der Waals surface area contributed by atoms with E-state index in [0.29, 0.717) is 0 Å². The Kier molecular flexibility index (Phi) is 3.47. The molecule has 0 bridgehead atoms. The third-order valence-corrected chi connectivity index (χ3v) is 3.56. The Bertz CT molecular complexity index is 508. The van der Waals surface area contributed by atoms with E-state index in [0.717, 1.165) is 20.1 Å². The van der Waals surface area contributed by atoms with E-state index in [2.05, 4.69) is 37.0 Å². The first-order chi connectivity index (χ1) is 7.58. The van der Waals surface area contributed by atoms with Gasteiger partial charge in [0, 0.05) is 27.8 Å². The van der Waals surface area contributed by atoms with E-state index < -0.39 is 0 Å². The van der Waals surface area contributed by atoms with Gasteiger partial charge in [0.2, 0.25) is 0 Å². The summed E-state index contributed by atoms with van der Waals surface area (Å²) in [5.74, 6) is 0. The molecular formula is C11H11Br2N3. The number of aryl methyl sites for hydroxylation is 1. The number of hydrogen-bond acceptors (Lipinski definition) is 2. The normalized spacial score (nSPS) is 12.8. The Morgan fingerprint density at radius 1 is 1.38 bits per heavy atom. The van der Waals surface area contributed by atoms with Gasteiger partial charge in [0.1, 0.15) is 0 Å². The van der Waals surface area contributed by atoms with Gasteiger partial charge in [-0.3, -0.25) is 4.68 Å². The number of nitrogens with zero attached hydrogens (tertiary/aromatic N) is 2. The Morgan fingerprint density at radius 2 is 2.12 bits per heavy atom. The first-order valence-corrected chi connectivity index (χ1v) is 6.35. The van der Waals surface area contributed by atoms with Gasteiger partial charge < -0.3 is 5.73 Å². The summed E-state index contributed by atoms with van der Waals surface area (Å²) in [4.78, 5) is 0. The van der Waals surface area contributed by atoms with Gasteiger partial charge in [0.15, 0.2) is 0 Å². The molecule has 3 nitrogen and oxygen atoms in total. The fourth-order valence-corrected chi connectivity index (χ4v) is 2.83. The fourth-order valence-electron chi connectivity index (χ4n) is 1.53. The van der Waals surface area contributed by atoms with Gasteiger partial charge in [-0.25, -0.2) is 0 Å². The summed E-state index contributed by atoms with van der Waals surface area (Å²) in [5.41, 5.74) is 8.24. The van der Waals surface area contributed by atoms with Crippen LogP contribution in [0.5, 0.6) is 0 Å². The molecule has 1 heterocycles. The highest BCUT2D eigenvalue weighted by atomic mass is 79.9. The summed E-state index contributed by atoms with van der Waals surface area (Å²) in [5, 5.41) is 4.12. The summed E-state index contributed by atoms with van der Waals surface area (Å²) in [6, 6.07) is 5.82. The first-order valence-electron chi connectivity index (χ1n) is 4.77. The third kappa shape index (κ3) is 2.36. The minimum Gasteiger partial charge on any atom is -0.320 e. The second-order valence-electron chi connectivity index (χ2n) is 3.59. The number of halogens is 2. The van der Waals surface area contributed by atoms with E-state index in [-0.39, 0.29) is 6.04 Å².